The Kier molecular flexibility index (Phi) is 5.78. The number of oxime groups is 1. The fraction of sp³-hybridized carbons (Fsp3) is 0.818. The van der Waals surface area contributed by atoms with Crippen LogP contribution in [-0.2, 0) is 14.9 Å². The maximum absolute atomic E-state index is 12.0. The average Bonchev–Trinajstić information content (AvgIpc) is 2.40. The third-order valence-corrected chi connectivity index (χ3v) is 4.64. The Hall–Kier alpha value is -1.55. The Morgan fingerprint density at radius 2 is 2.05 bits per heavy atom. The first-order valence-corrected chi connectivity index (χ1v) is 8.19. The molecule has 1 aliphatic carbocycles. The summed E-state index contributed by atoms with van der Waals surface area (Å²) in [5, 5.41) is 11.8. The van der Waals surface area contributed by atoms with Gasteiger partial charge in [-0.15, -0.1) is 0 Å². The maximum atomic E-state index is 12.0. The van der Waals surface area contributed by atoms with E-state index >= 15 is 0 Å². The minimum absolute atomic E-state index is 0.0459. The third-order valence-electron chi connectivity index (χ3n) is 3.55. The number of nitrogens with zero attached hydrogens (tertiary/aromatic N) is 1. The Morgan fingerprint density at radius 3 is 2.52 bits per heavy atom. The van der Waals surface area contributed by atoms with Crippen molar-refractivity contribution in [3.63, 3.8) is 0 Å². The summed E-state index contributed by atoms with van der Waals surface area (Å²) in [6.07, 6.45) is 1.13. The molecule has 0 atom stereocenters. The van der Waals surface area contributed by atoms with Crippen LogP contribution in [0.3, 0.4) is 0 Å². The van der Waals surface area contributed by atoms with Gasteiger partial charge in [0.05, 0.1) is 12.1 Å². The van der Waals surface area contributed by atoms with Crippen LogP contribution in [0.25, 0.3) is 0 Å². The number of carbonyl (C=O) groups excluding carboxylic acids is 1. The number of hydrogen-bond donors (Lipinski definition) is 4. The van der Waals surface area contributed by atoms with Gasteiger partial charge in [-0.1, -0.05) is 12.1 Å². The lowest BCUT2D eigenvalue weighted by atomic mass is 9.77. The minimum atomic E-state index is -4.18. The van der Waals surface area contributed by atoms with Crippen molar-refractivity contribution in [1.82, 2.24) is 9.44 Å². The molecule has 0 aromatic rings. The topological polar surface area (TPSA) is 143 Å². The summed E-state index contributed by atoms with van der Waals surface area (Å²) in [4.78, 5) is 11.2. The maximum Gasteiger partial charge on any atom is 0.421 e. The molecule has 0 spiro atoms. The molecular weight excluding hydrogens is 300 g/mol. The highest BCUT2D eigenvalue weighted by Crippen LogP contribution is 2.32. The number of nitrogens with one attached hydrogen (secondary N) is 2. The second-order valence-corrected chi connectivity index (χ2v) is 6.59. The second-order valence-electron chi connectivity index (χ2n) is 5.18. The zero-order valence-corrected chi connectivity index (χ0v) is 12.9. The molecule has 1 aliphatic rings. The second kappa shape index (κ2) is 6.94. The molecule has 1 fully saturated rings. The van der Waals surface area contributed by atoms with Gasteiger partial charge in [0.25, 0.3) is 0 Å². The van der Waals surface area contributed by atoms with Crippen LogP contribution in [0.4, 0.5) is 4.79 Å². The molecule has 0 aromatic heterocycles. The number of carbonyl (C=O) groups is 1. The number of hydrogen-bond acceptors (Lipinski definition) is 6. The molecule has 1 rings (SSSR count). The van der Waals surface area contributed by atoms with E-state index in [1.54, 1.807) is 11.6 Å². The molecule has 1 amide bonds. The van der Waals surface area contributed by atoms with Gasteiger partial charge in [0.15, 0.2) is 5.84 Å². The Labute approximate surface area is 124 Å². The Morgan fingerprint density at radius 1 is 1.48 bits per heavy atom. The van der Waals surface area contributed by atoms with Gasteiger partial charge >= 0.3 is 16.3 Å². The van der Waals surface area contributed by atoms with Gasteiger partial charge in [-0.2, -0.15) is 13.1 Å². The average molecular weight is 322 g/mol. The standard InChI is InChI=1S/C11H22N4O5S/c1-3-20-10(16)14-21(18,19)15-11(9(12)13-17)6-4-8(2)5-7-11/h8,15,17H,3-7H2,1-2H3,(H2,12,13)(H,14,16). The van der Waals surface area contributed by atoms with Gasteiger partial charge in [-0.3, -0.25) is 0 Å². The van der Waals surface area contributed by atoms with E-state index in [0.717, 1.165) is 12.8 Å². The summed E-state index contributed by atoms with van der Waals surface area (Å²) in [5.74, 6) is 0.204. The van der Waals surface area contributed by atoms with Crippen molar-refractivity contribution in [2.45, 2.75) is 45.1 Å². The molecule has 1 saturated carbocycles. The number of nitrogens with two attached hydrogens (primary N) is 1. The molecule has 122 valence electrons. The molecule has 0 radical (unpaired) electrons. The van der Waals surface area contributed by atoms with Crippen LogP contribution in [0, 0.1) is 5.92 Å². The normalized spacial score (nSPS) is 27.1. The summed E-state index contributed by atoms with van der Waals surface area (Å²) in [7, 11) is -4.18. The van der Waals surface area contributed by atoms with Crippen LogP contribution < -0.4 is 15.2 Å². The lowest BCUT2D eigenvalue weighted by Crippen LogP contribution is -2.61. The van der Waals surface area contributed by atoms with E-state index in [4.69, 9.17) is 10.9 Å². The monoisotopic (exact) mass is 322 g/mol. The van der Waals surface area contributed by atoms with Crippen molar-refractivity contribution >= 4 is 22.1 Å². The van der Waals surface area contributed by atoms with Crippen molar-refractivity contribution in [3.05, 3.63) is 0 Å². The summed E-state index contributed by atoms with van der Waals surface area (Å²) < 4.78 is 32.5. The predicted molar refractivity (Wildman–Crippen MR) is 76.0 cm³/mol. The Bertz CT molecular complexity index is 497. The number of ether oxygens (including phenoxy) is 1. The molecule has 5 N–H and O–H groups in total. The molecule has 0 heterocycles. The minimum Gasteiger partial charge on any atom is -0.449 e. The summed E-state index contributed by atoms with van der Waals surface area (Å²) in [6, 6.07) is 0. The van der Waals surface area contributed by atoms with E-state index in [2.05, 4.69) is 14.6 Å². The first-order chi connectivity index (χ1) is 9.74. The van der Waals surface area contributed by atoms with Crippen molar-refractivity contribution < 1.29 is 23.2 Å². The van der Waals surface area contributed by atoms with E-state index in [0.29, 0.717) is 18.8 Å². The zero-order chi connectivity index (χ0) is 16.1. The van der Waals surface area contributed by atoms with E-state index in [1.807, 2.05) is 6.92 Å². The van der Waals surface area contributed by atoms with Gasteiger partial charge in [-0.25, -0.2) is 9.52 Å². The quantitative estimate of drug-likeness (QED) is 0.247. The molecule has 21 heavy (non-hydrogen) atoms. The van der Waals surface area contributed by atoms with Gasteiger partial charge in [0.1, 0.15) is 0 Å². The summed E-state index contributed by atoms with van der Waals surface area (Å²) in [5.41, 5.74) is 4.46. The third kappa shape index (κ3) is 4.74. The lowest BCUT2D eigenvalue weighted by Gasteiger charge is -2.38. The largest absolute Gasteiger partial charge is 0.449 e. The van der Waals surface area contributed by atoms with E-state index in [9.17, 15) is 13.2 Å². The smallest absolute Gasteiger partial charge is 0.421 e. The van der Waals surface area contributed by atoms with Gasteiger partial charge < -0.3 is 15.7 Å². The molecule has 0 aromatic carbocycles. The fourth-order valence-corrected chi connectivity index (χ4v) is 3.47. The molecule has 10 heteroatoms. The number of amides is 1. The van der Waals surface area contributed by atoms with Crippen LogP contribution in [0.1, 0.15) is 39.5 Å². The van der Waals surface area contributed by atoms with Crippen molar-refractivity contribution in [2.75, 3.05) is 6.61 Å². The number of rotatable bonds is 5. The van der Waals surface area contributed by atoms with Crippen LogP contribution in [-0.4, -0.2) is 37.7 Å². The van der Waals surface area contributed by atoms with E-state index in [1.165, 1.54) is 0 Å². The summed E-state index contributed by atoms with van der Waals surface area (Å²) in [6.45, 7) is 3.64. The first-order valence-electron chi connectivity index (χ1n) is 6.71. The molecule has 9 nitrogen and oxygen atoms in total. The van der Waals surface area contributed by atoms with Gasteiger partial charge in [-0.05, 0) is 38.5 Å². The van der Waals surface area contributed by atoms with Gasteiger partial charge in [0.2, 0.25) is 0 Å². The molecule has 0 saturated heterocycles. The van der Waals surface area contributed by atoms with Crippen LogP contribution in [0.2, 0.25) is 0 Å². The predicted octanol–water partition coefficient (Wildman–Crippen LogP) is 0.262. The van der Waals surface area contributed by atoms with E-state index in [-0.39, 0.29) is 12.4 Å². The summed E-state index contributed by atoms with van der Waals surface area (Å²) >= 11 is 0. The van der Waals surface area contributed by atoms with Crippen molar-refractivity contribution in [1.29, 1.82) is 0 Å². The molecule has 0 aliphatic heterocycles. The number of amidine groups is 1. The van der Waals surface area contributed by atoms with Crippen LogP contribution >= 0.6 is 0 Å². The Balaban J connectivity index is 2.89. The SMILES string of the molecule is CCOC(=O)NS(=O)(=O)NC1(C(N)=NO)CCC(C)CC1. The molecule has 0 bridgehead atoms. The highest BCUT2D eigenvalue weighted by Gasteiger charge is 2.42. The fourth-order valence-electron chi connectivity index (χ4n) is 2.31. The zero-order valence-electron chi connectivity index (χ0n) is 12.1. The van der Waals surface area contributed by atoms with Gasteiger partial charge in [0, 0.05) is 0 Å². The van der Waals surface area contributed by atoms with Crippen LogP contribution in [0.5, 0.6) is 0 Å². The van der Waals surface area contributed by atoms with Crippen molar-refractivity contribution in [2.24, 2.45) is 16.8 Å². The van der Waals surface area contributed by atoms with Crippen LogP contribution in [0.15, 0.2) is 5.16 Å². The highest BCUT2D eigenvalue weighted by atomic mass is 32.2. The highest BCUT2D eigenvalue weighted by molar-refractivity contribution is 7.88. The molecular formula is C11H22N4O5S. The lowest BCUT2D eigenvalue weighted by molar-refractivity contribution is 0.158. The van der Waals surface area contributed by atoms with Crippen molar-refractivity contribution in [3.8, 4) is 0 Å². The first kappa shape index (κ1) is 17.5. The van der Waals surface area contributed by atoms with E-state index < -0.39 is 21.8 Å². The molecule has 0 unspecified atom stereocenters.